The monoisotopic (exact) mass is 286 g/mol. The van der Waals surface area contributed by atoms with Gasteiger partial charge >= 0.3 is 0 Å². The molecule has 0 amide bonds. The molecule has 0 aliphatic rings. The maximum absolute atomic E-state index is 10.0. The van der Waals surface area contributed by atoms with Crippen LogP contribution in [0.1, 0.15) is 25.7 Å². The Hall–Kier alpha value is -2.00. The number of phenols is 1. The van der Waals surface area contributed by atoms with E-state index in [9.17, 15) is 5.11 Å². The highest BCUT2D eigenvalue weighted by atomic mass is 16.5. The molecule has 0 aliphatic heterocycles. The smallest absolute Gasteiger partial charge is 0.160 e. The first-order chi connectivity index (χ1) is 10.3. The summed E-state index contributed by atoms with van der Waals surface area (Å²) in [6.45, 7) is 0.840. The van der Waals surface area contributed by atoms with Gasteiger partial charge in [-0.25, -0.2) is 0 Å². The lowest BCUT2D eigenvalue weighted by Gasteiger charge is -2.09. The van der Waals surface area contributed by atoms with Crippen molar-refractivity contribution >= 4 is 0 Å². The number of aliphatic hydroxyl groups is 1. The lowest BCUT2D eigenvalue weighted by Crippen LogP contribution is -1.98. The van der Waals surface area contributed by atoms with Crippen LogP contribution in [0, 0.1) is 0 Å². The first-order valence-corrected chi connectivity index (χ1v) is 7.43. The van der Waals surface area contributed by atoms with Gasteiger partial charge in [-0.3, -0.25) is 0 Å². The van der Waals surface area contributed by atoms with Crippen LogP contribution >= 0.6 is 0 Å². The minimum atomic E-state index is 0.173. The van der Waals surface area contributed by atoms with Gasteiger partial charge in [0.15, 0.2) is 11.5 Å². The second kappa shape index (κ2) is 8.32. The third-order valence-corrected chi connectivity index (χ3v) is 3.38. The molecule has 0 saturated carbocycles. The summed E-state index contributed by atoms with van der Waals surface area (Å²) < 4.78 is 5.60. The van der Waals surface area contributed by atoms with Crippen molar-refractivity contribution in [3.63, 3.8) is 0 Å². The van der Waals surface area contributed by atoms with Gasteiger partial charge in [-0.15, -0.1) is 0 Å². The number of unbranched alkanes of at least 4 members (excludes halogenated alkanes) is 3. The number of hydrogen-bond donors (Lipinski definition) is 2. The van der Waals surface area contributed by atoms with Crippen LogP contribution in [0.5, 0.6) is 11.5 Å². The van der Waals surface area contributed by atoms with Gasteiger partial charge < -0.3 is 14.9 Å². The molecule has 3 nitrogen and oxygen atoms in total. The van der Waals surface area contributed by atoms with Gasteiger partial charge in [0, 0.05) is 6.61 Å². The number of aliphatic hydroxyl groups excluding tert-OH is 1. The molecule has 0 unspecified atom stereocenters. The van der Waals surface area contributed by atoms with E-state index in [0.29, 0.717) is 12.4 Å². The van der Waals surface area contributed by atoms with Crippen LogP contribution < -0.4 is 4.74 Å². The molecule has 0 heterocycles. The zero-order valence-corrected chi connectivity index (χ0v) is 12.2. The van der Waals surface area contributed by atoms with E-state index < -0.39 is 0 Å². The van der Waals surface area contributed by atoms with Crippen LogP contribution in [0.15, 0.2) is 48.5 Å². The molecule has 0 aromatic heterocycles. The first-order valence-electron chi connectivity index (χ1n) is 7.43. The Morgan fingerprint density at radius 1 is 0.810 bits per heavy atom. The third-order valence-electron chi connectivity index (χ3n) is 3.38. The fraction of sp³-hybridized carbons (Fsp3) is 0.333. The molecule has 2 rings (SSSR count). The Balaban J connectivity index is 1.88. The Bertz CT molecular complexity index is 537. The van der Waals surface area contributed by atoms with Crippen molar-refractivity contribution in [3.05, 3.63) is 48.5 Å². The van der Waals surface area contributed by atoms with Crippen LogP contribution in [-0.2, 0) is 0 Å². The van der Waals surface area contributed by atoms with Crippen molar-refractivity contribution in [3.8, 4) is 22.6 Å². The summed E-state index contributed by atoms with van der Waals surface area (Å²) in [5.41, 5.74) is 2.05. The maximum Gasteiger partial charge on any atom is 0.160 e. The van der Waals surface area contributed by atoms with E-state index in [4.69, 9.17) is 9.84 Å². The minimum absolute atomic E-state index is 0.173. The zero-order chi connectivity index (χ0) is 14.9. The van der Waals surface area contributed by atoms with Gasteiger partial charge in [0.1, 0.15) is 0 Å². The molecule has 2 aromatic rings. The van der Waals surface area contributed by atoms with Gasteiger partial charge in [-0.05, 0) is 42.5 Å². The summed E-state index contributed by atoms with van der Waals surface area (Å²) in [6.07, 6.45) is 3.82. The zero-order valence-electron chi connectivity index (χ0n) is 12.2. The lowest BCUT2D eigenvalue weighted by molar-refractivity contribution is 0.269. The summed E-state index contributed by atoms with van der Waals surface area (Å²) in [7, 11) is 0. The second-order valence-electron chi connectivity index (χ2n) is 5.03. The molecule has 0 bridgehead atoms. The second-order valence-corrected chi connectivity index (χ2v) is 5.03. The lowest BCUT2D eigenvalue weighted by atomic mass is 10.1. The molecular weight excluding hydrogens is 264 g/mol. The molecule has 0 spiro atoms. The summed E-state index contributed by atoms with van der Waals surface area (Å²) in [5, 5.41) is 18.7. The highest BCUT2D eigenvalue weighted by Gasteiger charge is 2.05. The minimum Gasteiger partial charge on any atom is -0.504 e. The summed E-state index contributed by atoms with van der Waals surface area (Å²) in [4.78, 5) is 0. The van der Waals surface area contributed by atoms with Crippen molar-refractivity contribution in [2.45, 2.75) is 25.7 Å². The molecular formula is C18H22O3. The number of benzene rings is 2. The van der Waals surface area contributed by atoms with E-state index in [0.717, 1.165) is 36.8 Å². The molecule has 0 saturated heterocycles. The molecule has 112 valence electrons. The molecule has 0 fully saturated rings. The topological polar surface area (TPSA) is 49.7 Å². The summed E-state index contributed by atoms with van der Waals surface area (Å²) in [5.74, 6) is 0.698. The molecule has 0 radical (unpaired) electrons. The van der Waals surface area contributed by atoms with Gasteiger partial charge in [0.2, 0.25) is 0 Å². The standard InChI is InChI=1S/C18H22O3/c19-12-6-1-2-7-13-21-18-11-10-16(14-17(18)20)15-8-4-3-5-9-15/h3-5,8-11,14,19-20H,1-2,6-7,12-13H2. The van der Waals surface area contributed by atoms with Crippen LogP contribution in [-0.4, -0.2) is 23.4 Å². The van der Waals surface area contributed by atoms with E-state index in [-0.39, 0.29) is 12.4 Å². The first kappa shape index (κ1) is 15.4. The average molecular weight is 286 g/mol. The Kier molecular flexibility index (Phi) is 6.10. The molecule has 0 aliphatic carbocycles. The summed E-state index contributed by atoms with van der Waals surface area (Å²) >= 11 is 0. The van der Waals surface area contributed by atoms with Crippen LogP contribution in [0.2, 0.25) is 0 Å². The predicted molar refractivity (Wildman–Crippen MR) is 84.6 cm³/mol. The third kappa shape index (κ3) is 4.80. The number of ether oxygens (including phenoxy) is 1. The van der Waals surface area contributed by atoms with E-state index in [1.807, 2.05) is 42.5 Å². The van der Waals surface area contributed by atoms with Crippen molar-refractivity contribution in [2.75, 3.05) is 13.2 Å². The van der Waals surface area contributed by atoms with E-state index in [2.05, 4.69) is 0 Å². The summed E-state index contributed by atoms with van der Waals surface area (Å²) in [6, 6.07) is 15.4. The molecule has 21 heavy (non-hydrogen) atoms. The van der Waals surface area contributed by atoms with E-state index >= 15 is 0 Å². The number of aromatic hydroxyl groups is 1. The highest BCUT2D eigenvalue weighted by Crippen LogP contribution is 2.31. The predicted octanol–water partition coefficient (Wildman–Crippen LogP) is 3.99. The van der Waals surface area contributed by atoms with Gasteiger partial charge in [-0.2, -0.15) is 0 Å². The van der Waals surface area contributed by atoms with Crippen molar-refractivity contribution in [2.24, 2.45) is 0 Å². The molecule has 2 N–H and O–H groups in total. The highest BCUT2D eigenvalue weighted by molar-refractivity contribution is 5.66. The van der Waals surface area contributed by atoms with Crippen LogP contribution in [0.3, 0.4) is 0 Å². The van der Waals surface area contributed by atoms with Crippen LogP contribution in [0.25, 0.3) is 11.1 Å². The van der Waals surface area contributed by atoms with E-state index in [1.165, 1.54) is 0 Å². The van der Waals surface area contributed by atoms with Crippen molar-refractivity contribution in [1.29, 1.82) is 0 Å². The number of rotatable bonds is 8. The van der Waals surface area contributed by atoms with Gasteiger partial charge in [0.05, 0.1) is 6.61 Å². The number of hydrogen-bond acceptors (Lipinski definition) is 3. The number of phenolic OH excluding ortho intramolecular Hbond substituents is 1. The maximum atomic E-state index is 10.0. The average Bonchev–Trinajstić information content (AvgIpc) is 2.53. The van der Waals surface area contributed by atoms with Crippen LogP contribution in [0.4, 0.5) is 0 Å². The fourth-order valence-corrected chi connectivity index (χ4v) is 2.20. The quantitative estimate of drug-likeness (QED) is 0.721. The molecule has 0 atom stereocenters. The Labute approximate surface area is 125 Å². The largest absolute Gasteiger partial charge is 0.504 e. The Morgan fingerprint density at radius 2 is 1.57 bits per heavy atom. The van der Waals surface area contributed by atoms with Crippen molar-refractivity contribution < 1.29 is 14.9 Å². The molecule has 2 aromatic carbocycles. The SMILES string of the molecule is OCCCCCCOc1ccc(-c2ccccc2)cc1O. The van der Waals surface area contributed by atoms with Gasteiger partial charge in [-0.1, -0.05) is 42.8 Å². The van der Waals surface area contributed by atoms with Gasteiger partial charge in [0.25, 0.3) is 0 Å². The van der Waals surface area contributed by atoms with E-state index in [1.54, 1.807) is 6.07 Å². The Morgan fingerprint density at radius 3 is 2.29 bits per heavy atom. The fourth-order valence-electron chi connectivity index (χ4n) is 2.20. The molecule has 3 heteroatoms. The van der Waals surface area contributed by atoms with Crippen molar-refractivity contribution in [1.82, 2.24) is 0 Å². The normalized spacial score (nSPS) is 10.5.